The van der Waals surface area contributed by atoms with E-state index >= 15 is 0 Å². The zero-order chi connectivity index (χ0) is 24.7. The molecule has 1 saturated heterocycles. The molecule has 0 unspecified atom stereocenters. The lowest BCUT2D eigenvalue weighted by atomic mass is 10.1. The number of aromatic nitrogens is 4. The molecule has 1 aliphatic heterocycles. The van der Waals surface area contributed by atoms with Gasteiger partial charge in [0.15, 0.2) is 0 Å². The van der Waals surface area contributed by atoms with Crippen LogP contribution in [0.4, 0.5) is 19.1 Å². The number of nitrogens with one attached hydrogen (secondary N) is 1. The molecular formula is C20H19ClF3IN6O2S. The molecule has 0 atom stereocenters. The first-order chi connectivity index (χ1) is 15.9. The number of piperidine rings is 1. The largest absolute Gasteiger partial charge is 0.420 e. The summed E-state index contributed by atoms with van der Waals surface area (Å²) in [6.07, 6.45) is 0.958. The van der Waals surface area contributed by atoms with Gasteiger partial charge >= 0.3 is 6.18 Å². The third kappa shape index (κ3) is 5.63. The number of hydrogen-bond acceptors (Lipinski definition) is 6. The Bertz CT molecular complexity index is 1310. The molecule has 1 aliphatic rings. The van der Waals surface area contributed by atoms with E-state index in [1.807, 2.05) is 6.07 Å². The van der Waals surface area contributed by atoms with E-state index in [4.69, 9.17) is 11.6 Å². The highest BCUT2D eigenvalue weighted by molar-refractivity contribution is 14.1. The normalized spacial score (nSPS) is 16.1. The van der Waals surface area contributed by atoms with Gasteiger partial charge < -0.3 is 9.88 Å². The van der Waals surface area contributed by atoms with Crippen molar-refractivity contribution in [3.8, 4) is 17.1 Å². The number of anilines is 1. The molecule has 1 aromatic carbocycles. The van der Waals surface area contributed by atoms with Crippen molar-refractivity contribution in [3.05, 3.63) is 51.1 Å². The van der Waals surface area contributed by atoms with E-state index in [0.717, 1.165) is 16.0 Å². The van der Waals surface area contributed by atoms with Gasteiger partial charge in [0.1, 0.15) is 23.3 Å². The number of halogens is 5. The highest BCUT2D eigenvalue weighted by Gasteiger charge is 2.36. The summed E-state index contributed by atoms with van der Waals surface area (Å²) in [5.41, 5.74) is -0.790. The smallest absolute Gasteiger partial charge is 0.351 e. The number of rotatable bonds is 5. The topological polar surface area (TPSA) is 93.0 Å². The van der Waals surface area contributed by atoms with Gasteiger partial charge in [-0.3, -0.25) is 0 Å². The molecule has 3 heterocycles. The summed E-state index contributed by atoms with van der Waals surface area (Å²) in [5, 5.41) is 3.46. The molecule has 0 aliphatic carbocycles. The number of hydrogen-bond donors (Lipinski definition) is 1. The molecular weight excluding hydrogens is 608 g/mol. The van der Waals surface area contributed by atoms with Crippen molar-refractivity contribution in [2.24, 2.45) is 0 Å². The summed E-state index contributed by atoms with van der Waals surface area (Å²) in [7, 11) is -3.28. The number of imidazole rings is 1. The zero-order valence-corrected chi connectivity index (χ0v) is 21.5. The average Bonchev–Trinajstić information content (AvgIpc) is 3.22. The van der Waals surface area contributed by atoms with Crippen LogP contribution >= 0.6 is 34.2 Å². The molecule has 182 valence electrons. The van der Waals surface area contributed by atoms with Gasteiger partial charge in [-0.1, -0.05) is 11.6 Å². The quantitative estimate of drug-likeness (QED) is 0.421. The third-order valence-corrected chi connectivity index (χ3v) is 7.64. The molecule has 1 fully saturated rings. The second-order valence-corrected chi connectivity index (χ2v) is 11.4. The molecule has 14 heteroatoms. The zero-order valence-electron chi connectivity index (χ0n) is 17.7. The van der Waals surface area contributed by atoms with E-state index in [-0.39, 0.29) is 23.4 Å². The molecule has 0 radical (unpaired) electrons. The molecule has 4 rings (SSSR count). The van der Waals surface area contributed by atoms with Crippen LogP contribution in [0.1, 0.15) is 18.4 Å². The molecule has 34 heavy (non-hydrogen) atoms. The molecule has 1 N–H and O–H groups in total. The van der Waals surface area contributed by atoms with Crippen LogP contribution in [0.15, 0.2) is 36.9 Å². The van der Waals surface area contributed by atoms with Gasteiger partial charge in [-0.25, -0.2) is 27.7 Å². The molecule has 3 aromatic rings. The van der Waals surface area contributed by atoms with Crippen molar-refractivity contribution in [1.29, 1.82) is 0 Å². The van der Waals surface area contributed by atoms with Gasteiger partial charge in [0.05, 0.1) is 17.0 Å². The van der Waals surface area contributed by atoms with E-state index in [1.54, 1.807) is 12.1 Å². The Morgan fingerprint density at radius 2 is 1.91 bits per heavy atom. The molecule has 8 nitrogen and oxygen atoms in total. The van der Waals surface area contributed by atoms with Crippen LogP contribution < -0.4 is 5.32 Å². The maximum atomic E-state index is 13.7. The van der Waals surface area contributed by atoms with Gasteiger partial charge in [-0.05, 0) is 53.6 Å². The number of alkyl halides is 3. The van der Waals surface area contributed by atoms with Crippen LogP contribution in [0.5, 0.6) is 0 Å². The average molecular weight is 627 g/mol. The van der Waals surface area contributed by atoms with Gasteiger partial charge in [0, 0.05) is 35.1 Å². The summed E-state index contributed by atoms with van der Waals surface area (Å²) >= 11 is 8.39. The van der Waals surface area contributed by atoms with E-state index in [0.29, 0.717) is 36.6 Å². The molecule has 0 amide bonds. The molecule has 2 aromatic heterocycles. The van der Waals surface area contributed by atoms with Crippen molar-refractivity contribution in [2.75, 3.05) is 24.7 Å². The van der Waals surface area contributed by atoms with E-state index in [1.165, 1.54) is 21.4 Å². The maximum Gasteiger partial charge on any atom is 0.420 e. The lowest BCUT2D eigenvalue weighted by Gasteiger charge is -2.30. The number of benzene rings is 1. The molecule has 0 bridgehead atoms. The van der Waals surface area contributed by atoms with Crippen LogP contribution in [0.25, 0.3) is 17.1 Å². The van der Waals surface area contributed by atoms with Gasteiger partial charge in [-0.15, -0.1) is 0 Å². The summed E-state index contributed by atoms with van der Waals surface area (Å²) in [6, 6.07) is 5.13. The van der Waals surface area contributed by atoms with Gasteiger partial charge in [0.25, 0.3) is 0 Å². The van der Waals surface area contributed by atoms with Crippen LogP contribution in [0, 0.1) is 3.57 Å². The summed E-state index contributed by atoms with van der Waals surface area (Å²) in [6.45, 7) is 0.621. The lowest BCUT2D eigenvalue weighted by Crippen LogP contribution is -2.42. The second kappa shape index (κ2) is 9.59. The Kier molecular flexibility index (Phi) is 7.09. The van der Waals surface area contributed by atoms with Crippen molar-refractivity contribution >= 4 is 50.2 Å². The van der Waals surface area contributed by atoms with Gasteiger partial charge in [0.2, 0.25) is 16.0 Å². The third-order valence-electron chi connectivity index (χ3n) is 5.36. The second-order valence-electron chi connectivity index (χ2n) is 7.80. The molecule has 0 spiro atoms. The van der Waals surface area contributed by atoms with Gasteiger partial charge in [-0.2, -0.15) is 13.2 Å². The first-order valence-corrected chi connectivity index (χ1v) is 13.4. The Morgan fingerprint density at radius 3 is 2.53 bits per heavy atom. The van der Waals surface area contributed by atoms with Crippen molar-refractivity contribution in [2.45, 2.75) is 25.1 Å². The first kappa shape index (κ1) is 25.1. The number of nitrogens with zero attached hydrogens (tertiary/aromatic N) is 5. The van der Waals surface area contributed by atoms with Crippen LogP contribution in [0.3, 0.4) is 0 Å². The monoisotopic (exact) mass is 626 g/mol. The first-order valence-electron chi connectivity index (χ1n) is 10.1. The minimum absolute atomic E-state index is 0.0132. The highest BCUT2D eigenvalue weighted by Crippen LogP contribution is 2.36. The van der Waals surface area contributed by atoms with E-state index in [9.17, 15) is 21.6 Å². The summed E-state index contributed by atoms with van der Waals surface area (Å²) in [5.74, 6) is 0.0163. The van der Waals surface area contributed by atoms with E-state index in [2.05, 4.69) is 42.9 Å². The van der Waals surface area contributed by atoms with Crippen LogP contribution in [-0.4, -0.2) is 57.6 Å². The van der Waals surface area contributed by atoms with Crippen molar-refractivity contribution in [1.82, 2.24) is 23.8 Å². The summed E-state index contributed by atoms with van der Waals surface area (Å²) in [4.78, 5) is 12.1. The van der Waals surface area contributed by atoms with Crippen molar-refractivity contribution < 1.29 is 21.6 Å². The van der Waals surface area contributed by atoms with Crippen LogP contribution in [0.2, 0.25) is 5.02 Å². The fourth-order valence-corrected chi connectivity index (χ4v) is 5.46. The van der Waals surface area contributed by atoms with Crippen LogP contribution in [-0.2, 0) is 16.2 Å². The minimum Gasteiger partial charge on any atom is -0.351 e. The molecule has 0 saturated carbocycles. The maximum absolute atomic E-state index is 13.7. The fourth-order valence-electron chi connectivity index (χ4n) is 3.64. The number of sulfonamides is 1. The minimum atomic E-state index is -4.68. The summed E-state index contributed by atoms with van der Waals surface area (Å²) < 4.78 is 68.3. The van der Waals surface area contributed by atoms with Crippen molar-refractivity contribution in [3.63, 3.8) is 0 Å². The Balaban J connectivity index is 1.62. The Morgan fingerprint density at radius 1 is 1.21 bits per heavy atom. The fraction of sp³-hybridized carbons (Fsp3) is 0.350. The predicted molar refractivity (Wildman–Crippen MR) is 130 cm³/mol. The van der Waals surface area contributed by atoms with E-state index < -0.39 is 21.8 Å². The SMILES string of the molecule is CS(=O)(=O)N1CCC(Nc2ncc(C(F)(F)F)c(-c3cn(-c4ccc(I)cc4Cl)cn3)n2)CC1. The standard InChI is InChI=1S/C20H19ClF3IN6O2S/c1-34(32,33)31-6-4-13(5-7-31)28-19-26-9-14(20(22,23)24)18(29-19)16-10-30(11-27-16)17-3-2-12(25)8-15(17)21/h2-3,8-11,13H,4-7H2,1H3,(H,26,28,29). The Labute approximate surface area is 212 Å². The Hall–Kier alpha value is -1.97. The lowest BCUT2D eigenvalue weighted by molar-refractivity contribution is -0.137. The predicted octanol–water partition coefficient (Wildman–Crippen LogP) is 4.44. The highest BCUT2D eigenvalue weighted by atomic mass is 127.